The van der Waals surface area contributed by atoms with Crippen molar-refractivity contribution in [3.8, 4) is 0 Å². The molecule has 102 valence electrons. The first-order valence-electron chi connectivity index (χ1n) is 6.50. The molecule has 0 radical (unpaired) electrons. The van der Waals surface area contributed by atoms with E-state index in [4.69, 9.17) is 0 Å². The zero-order valence-corrected chi connectivity index (χ0v) is 11.3. The number of hydrogen-bond donors (Lipinski definition) is 2. The van der Waals surface area contributed by atoms with E-state index in [-0.39, 0.29) is 11.9 Å². The van der Waals surface area contributed by atoms with E-state index in [1.807, 2.05) is 25.1 Å². The summed E-state index contributed by atoms with van der Waals surface area (Å²) in [6, 6.07) is 7.27. The quantitative estimate of drug-likeness (QED) is 0.843. The van der Waals surface area contributed by atoms with Gasteiger partial charge in [0.1, 0.15) is 6.04 Å². The summed E-state index contributed by atoms with van der Waals surface area (Å²) in [6.07, 6.45) is 2.06. The molecular weight excluding hydrogens is 242 g/mol. The predicted molar refractivity (Wildman–Crippen MR) is 74.2 cm³/mol. The molecule has 1 heterocycles. The highest BCUT2D eigenvalue weighted by molar-refractivity contribution is 5.98. The average molecular weight is 261 g/mol. The molecule has 19 heavy (non-hydrogen) atoms. The monoisotopic (exact) mass is 261 g/mol. The molecule has 0 saturated heterocycles. The van der Waals surface area contributed by atoms with Crippen molar-refractivity contribution in [2.24, 2.45) is 0 Å². The van der Waals surface area contributed by atoms with Crippen molar-refractivity contribution in [3.05, 3.63) is 29.8 Å². The molecule has 2 N–H and O–H groups in total. The Labute approximate surface area is 113 Å². The zero-order chi connectivity index (χ0) is 13.8. The average Bonchev–Trinajstić information content (AvgIpc) is 2.45. The second kappa shape index (κ2) is 5.73. The number of anilines is 1. The summed E-state index contributed by atoms with van der Waals surface area (Å²) >= 11 is 0. The third kappa shape index (κ3) is 2.86. The molecule has 0 fully saturated rings. The largest absolute Gasteiger partial charge is 0.360 e. The van der Waals surface area contributed by atoms with Gasteiger partial charge in [-0.05, 0) is 31.4 Å². The normalized spacial score (nSPS) is 15.4. The van der Waals surface area contributed by atoms with Crippen LogP contribution in [0.1, 0.15) is 18.9 Å². The minimum absolute atomic E-state index is 0.281. The fourth-order valence-electron chi connectivity index (χ4n) is 2.39. The van der Waals surface area contributed by atoms with Gasteiger partial charge in [-0.2, -0.15) is 0 Å². The summed E-state index contributed by atoms with van der Waals surface area (Å²) in [6.45, 7) is 2.65. The zero-order valence-electron chi connectivity index (χ0n) is 11.3. The van der Waals surface area contributed by atoms with Crippen molar-refractivity contribution in [1.82, 2.24) is 10.6 Å². The lowest BCUT2D eigenvalue weighted by atomic mass is 10.00. The molecule has 1 aliphatic rings. The highest BCUT2D eigenvalue weighted by Crippen LogP contribution is 2.28. The summed E-state index contributed by atoms with van der Waals surface area (Å²) in [5.41, 5.74) is 2.35. The van der Waals surface area contributed by atoms with E-state index >= 15 is 0 Å². The molecule has 5 nitrogen and oxygen atoms in total. The van der Waals surface area contributed by atoms with Gasteiger partial charge in [0.2, 0.25) is 5.91 Å². The fourth-order valence-corrected chi connectivity index (χ4v) is 2.39. The Bertz CT molecular complexity index is 487. The van der Waals surface area contributed by atoms with Crippen LogP contribution in [0, 0.1) is 0 Å². The van der Waals surface area contributed by atoms with Crippen LogP contribution in [0.3, 0.4) is 0 Å². The number of benzene rings is 1. The summed E-state index contributed by atoms with van der Waals surface area (Å²) in [5.74, 6) is -0.281. The van der Waals surface area contributed by atoms with Gasteiger partial charge in [-0.1, -0.05) is 18.2 Å². The van der Waals surface area contributed by atoms with Crippen LogP contribution < -0.4 is 15.5 Å². The summed E-state index contributed by atoms with van der Waals surface area (Å²) in [7, 11) is 1.49. The number of urea groups is 1. The van der Waals surface area contributed by atoms with Crippen LogP contribution in [0.15, 0.2) is 24.3 Å². The van der Waals surface area contributed by atoms with Gasteiger partial charge in [-0.3, -0.25) is 10.1 Å². The molecule has 5 heteroatoms. The lowest BCUT2D eigenvalue weighted by molar-refractivity contribution is -0.121. The van der Waals surface area contributed by atoms with Crippen LogP contribution in [-0.2, 0) is 11.2 Å². The number of carbonyl (C=O) groups is 2. The van der Waals surface area contributed by atoms with Crippen molar-refractivity contribution >= 4 is 17.6 Å². The highest BCUT2D eigenvalue weighted by Gasteiger charge is 2.26. The predicted octanol–water partition coefficient (Wildman–Crippen LogP) is 1.28. The van der Waals surface area contributed by atoms with Crippen LogP contribution >= 0.6 is 0 Å². The Hall–Kier alpha value is -2.04. The van der Waals surface area contributed by atoms with Crippen LogP contribution in [0.2, 0.25) is 0 Å². The number of hydrogen-bond acceptors (Lipinski definition) is 3. The number of para-hydroxylation sites is 1. The second-order valence-electron chi connectivity index (χ2n) is 4.67. The lowest BCUT2D eigenvalue weighted by Gasteiger charge is -2.35. The highest BCUT2D eigenvalue weighted by atomic mass is 16.2. The molecule has 0 spiro atoms. The Kier molecular flexibility index (Phi) is 4.04. The van der Waals surface area contributed by atoms with Crippen LogP contribution in [0.4, 0.5) is 10.5 Å². The Morgan fingerprint density at radius 1 is 1.32 bits per heavy atom. The SMILES string of the molecule is CNC(=O)NC(=O)[C@@H](C)N1CCCc2ccccc21. The van der Waals surface area contributed by atoms with Gasteiger partial charge in [0, 0.05) is 19.3 Å². The van der Waals surface area contributed by atoms with Crippen LogP contribution in [-0.4, -0.2) is 31.6 Å². The van der Waals surface area contributed by atoms with Gasteiger partial charge in [0.25, 0.3) is 0 Å². The van der Waals surface area contributed by atoms with E-state index in [2.05, 4.69) is 21.6 Å². The molecule has 3 amide bonds. The van der Waals surface area contributed by atoms with Crippen LogP contribution in [0.25, 0.3) is 0 Å². The maximum atomic E-state index is 12.0. The maximum Gasteiger partial charge on any atom is 0.321 e. The van der Waals surface area contributed by atoms with Crippen molar-refractivity contribution in [1.29, 1.82) is 0 Å². The summed E-state index contributed by atoms with van der Waals surface area (Å²) < 4.78 is 0. The summed E-state index contributed by atoms with van der Waals surface area (Å²) in [4.78, 5) is 25.3. The number of carbonyl (C=O) groups excluding carboxylic acids is 2. The number of rotatable bonds is 2. The van der Waals surface area contributed by atoms with Gasteiger partial charge in [-0.25, -0.2) is 4.79 Å². The lowest BCUT2D eigenvalue weighted by Crippen LogP contribution is -2.50. The molecule has 0 aliphatic carbocycles. The second-order valence-corrected chi connectivity index (χ2v) is 4.67. The van der Waals surface area contributed by atoms with E-state index < -0.39 is 6.03 Å². The molecule has 0 bridgehead atoms. The molecule has 0 saturated carbocycles. The van der Waals surface area contributed by atoms with E-state index in [0.717, 1.165) is 25.1 Å². The molecule has 1 aromatic carbocycles. The minimum Gasteiger partial charge on any atom is -0.360 e. The van der Waals surface area contributed by atoms with Gasteiger partial charge >= 0.3 is 6.03 Å². The van der Waals surface area contributed by atoms with Gasteiger partial charge in [0.15, 0.2) is 0 Å². The van der Waals surface area contributed by atoms with E-state index in [1.165, 1.54) is 12.6 Å². The Balaban J connectivity index is 2.14. The Morgan fingerprint density at radius 3 is 2.79 bits per heavy atom. The fraction of sp³-hybridized carbons (Fsp3) is 0.429. The van der Waals surface area contributed by atoms with E-state index in [1.54, 1.807) is 0 Å². The molecular formula is C14H19N3O2. The number of aryl methyl sites for hydroxylation is 1. The third-order valence-corrected chi connectivity index (χ3v) is 3.46. The maximum absolute atomic E-state index is 12.0. The standard InChI is InChI=1S/C14H19N3O2/c1-10(13(18)16-14(19)15-2)17-9-5-7-11-6-3-4-8-12(11)17/h3-4,6,8,10H,5,7,9H2,1-2H3,(H2,15,16,18,19)/t10-/m1/s1. The molecule has 1 aliphatic heterocycles. The minimum atomic E-state index is -0.470. The molecule has 0 aromatic heterocycles. The van der Waals surface area contributed by atoms with Crippen LogP contribution in [0.5, 0.6) is 0 Å². The number of fused-ring (bicyclic) bond motifs is 1. The van der Waals surface area contributed by atoms with E-state index in [9.17, 15) is 9.59 Å². The van der Waals surface area contributed by atoms with Crippen molar-refractivity contribution in [2.75, 3.05) is 18.5 Å². The smallest absolute Gasteiger partial charge is 0.321 e. The molecule has 0 unspecified atom stereocenters. The number of nitrogens with one attached hydrogen (secondary N) is 2. The first kappa shape index (κ1) is 13.4. The molecule has 2 rings (SSSR count). The summed E-state index contributed by atoms with van der Waals surface area (Å²) in [5, 5.41) is 4.71. The molecule has 1 atom stereocenters. The van der Waals surface area contributed by atoms with Gasteiger partial charge in [-0.15, -0.1) is 0 Å². The van der Waals surface area contributed by atoms with Crippen molar-refractivity contribution < 1.29 is 9.59 Å². The first-order valence-corrected chi connectivity index (χ1v) is 6.50. The van der Waals surface area contributed by atoms with Gasteiger partial charge in [0.05, 0.1) is 0 Å². The van der Waals surface area contributed by atoms with Crippen molar-refractivity contribution in [3.63, 3.8) is 0 Å². The topological polar surface area (TPSA) is 61.4 Å². The third-order valence-electron chi connectivity index (χ3n) is 3.46. The molecule has 1 aromatic rings. The number of nitrogens with zero attached hydrogens (tertiary/aromatic N) is 1. The number of amides is 3. The van der Waals surface area contributed by atoms with Gasteiger partial charge < -0.3 is 10.2 Å². The first-order chi connectivity index (χ1) is 9.13. The van der Waals surface area contributed by atoms with Crippen molar-refractivity contribution in [2.45, 2.75) is 25.8 Å². The van der Waals surface area contributed by atoms with E-state index in [0.29, 0.717) is 0 Å². The number of imide groups is 1. The Morgan fingerprint density at radius 2 is 2.05 bits per heavy atom.